The number of hydrogen-bond donors (Lipinski definition) is 1. The average Bonchev–Trinajstić information content (AvgIpc) is 2.79. The number of benzene rings is 3. The Labute approximate surface area is 187 Å². The summed E-state index contributed by atoms with van der Waals surface area (Å²) in [6.07, 6.45) is 0. The third kappa shape index (κ3) is 4.57. The third-order valence-corrected chi connectivity index (χ3v) is 5.63. The summed E-state index contributed by atoms with van der Waals surface area (Å²) in [5.41, 5.74) is 4.74. The van der Waals surface area contributed by atoms with E-state index in [4.69, 9.17) is 4.74 Å². The van der Waals surface area contributed by atoms with Gasteiger partial charge in [-0.3, -0.25) is 9.59 Å². The zero-order valence-electron chi connectivity index (χ0n) is 18.5. The zero-order chi connectivity index (χ0) is 22.7. The van der Waals surface area contributed by atoms with Crippen molar-refractivity contribution in [3.05, 3.63) is 111 Å². The van der Waals surface area contributed by atoms with Crippen LogP contribution in [0.2, 0.25) is 0 Å². The summed E-state index contributed by atoms with van der Waals surface area (Å²) in [7, 11) is 1.62. The summed E-state index contributed by atoms with van der Waals surface area (Å²) in [6.45, 7) is 4.49. The number of methoxy groups -OCH3 is 1. The fourth-order valence-electron chi connectivity index (χ4n) is 3.82. The lowest BCUT2D eigenvalue weighted by Gasteiger charge is -2.24. The molecule has 1 heterocycles. The normalized spacial score (nSPS) is 10.8. The SMILES string of the molecule is COc1ccc(CN(Cc2cc3ccc(C)cc3[nH]c2=O)C(=O)c2ccccc2C)cc1. The quantitative estimate of drug-likeness (QED) is 0.472. The summed E-state index contributed by atoms with van der Waals surface area (Å²) in [6, 6.07) is 23.0. The molecule has 0 aliphatic rings. The van der Waals surface area contributed by atoms with Crippen molar-refractivity contribution in [1.29, 1.82) is 0 Å². The number of aromatic amines is 1. The number of ether oxygens (including phenoxy) is 1. The molecule has 3 aromatic carbocycles. The van der Waals surface area contributed by atoms with Gasteiger partial charge in [-0.1, -0.05) is 42.5 Å². The van der Waals surface area contributed by atoms with Crippen molar-refractivity contribution in [1.82, 2.24) is 9.88 Å². The number of nitrogens with one attached hydrogen (secondary N) is 1. The van der Waals surface area contributed by atoms with Gasteiger partial charge < -0.3 is 14.6 Å². The van der Waals surface area contributed by atoms with E-state index in [1.165, 1.54) is 0 Å². The van der Waals surface area contributed by atoms with E-state index in [9.17, 15) is 9.59 Å². The molecule has 0 unspecified atom stereocenters. The van der Waals surface area contributed by atoms with E-state index in [1.54, 1.807) is 12.0 Å². The lowest BCUT2D eigenvalue weighted by molar-refractivity contribution is 0.0728. The maximum atomic E-state index is 13.5. The van der Waals surface area contributed by atoms with Crippen LogP contribution in [0.4, 0.5) is 0 Å². The van der Waals surface area contributed by atoms with Gasteiger partial charge in [0.25, 0.3) is 11.5 Å². The van der Waals surface area contributed by atoms with Gasteiger partial charge in [-0.15, -0.1) is 0 Å². The Hall–Kier alpha value is -3.86. The number of fused-ring (bicyclic) bond motifs is 1. The Balaban J connectivity index is 1.71. The van der Waals surface area contributed by atoms with Crippen LogP contribution in [-0.4, -0.2) is 22.9 Å². The van der Waals surface area contributed by atoms with Gasteiger partial charge in [-0.25, -0.2) is 0 Å². The molecule has 0 fully saturated rings. The number of rotatable bonds is 6. The second-order valence-electron chi connectivity index (χ2n) is 8.04. The molecular weight excluding hydrogens is 400 g/mol. The van der Waals surface area contributed by atoms with Crippen LogP contribution in [0.3, 0.4) is 0 Å². The van der Waals surface area contributed by atoms with Crippen LogP contribution in [0.25, 0.3) is 10.9 Å². The number of aromatic nitrogens is 1. The fraction of sp³-hybridized carbons (Fsp3) is 0.185. The highest BCUT2D eigenvalue weighted by Gasteiger charge is 2.20. The molecule has 4 rings (SSSR count). The molecule has 0 atom stereocenters. The Morgan fingerprint density at radius 2 is 1.69 bits per heavy atom. The molecule has 0 radical (unpaired) electrons. The fourth-order valence-corrected chi connectivity index (χ4v) is 3.82. The van der Waals surface area contributed by atoms with Gasteiger partial charge in [0.15, 0.2) is 0 Å². The molecule has 1 amide bonds. The molecule has 0 spiro atoms. The molecule has 162 valence electrons. The van der Waals surface area contributed by atoms with Crippen LogP contribution in [0, 0.1) is 13.8 Å². The lowest BCUT2D eigenvalue weighted by atomic mass is 10.1. The Morgan fingerprint density at radius 1 is 0.938 bits per heavy atom. The standard InChI is InChI=1S/C27H26N2O3/c1-18-8-11-21-15-22(26(30)28-25(21)14-18)17-29(16-20-9-12-23(32-3)13-10-20)27(31)24-7-5-4-6-19(24)2/h4-15H,16-17H2,1-3H3,(H,28,30). The summed E-state index contributed by atoms with van der Waals surface area (Å²) in [5, 5.41) is 0.943. The van der Waals surface area contributed by atoms with E-state index in [0.29, 0.717) is 17.7 Å². The third-order valence-electron chi connectivity index (χ3n) is 5.63. The first-order valence-corrected chi connectivity index (χ1v) is 10.5. The number of hydrogen-bond acceptors (Lipinski definition) is 3. The highest BCUT2D eigenvalue weighted by Crippen LogP contribution is 2.19. The number of amides is 1. The van der Waals surface area contributed by atoms with Crippen LogP contribution < -0.4 is 10.3 Å². The van der Waals surface area contributed by atoms with Gasteiger partial charge in [0, 0.05) is 23.2 Å². The molecule has 1 N–H and O–H groups in total. The summed E-state index contributed by atoms with van der Waals surface area (Å²) < 4.78 is 5.24. The molecule has 0 bridgehead atoms. The Kier molecular flexibility index (Phi) is 6.08. The maximum absolute atomic E-state index is 13.5. The number of pyridine rings is 1. The van der Waals surface area contributed by atoms with Gasteiger partial charge in [0.1, 0.15) is 5.75 Å². The smallest absolute Gasteiger partial charge is 0.254 e. The summed E-state index contributed by atoms with van der Waals surface area (Å²) in [5.74, 6) is 0.647. The minimum atomic E-state index is -0.180. The van der Waals surface area contributed by atoms with E-state index >= 15 is 0 Å². The van der Waals surface area contributed by atoms with Crippen LogP contribution in [0.15, 0.2) is 77.6 Å². The first-order chi connectivity index (χ1) is 15.4. The van der Waals surface area contributed by atoms with Crippen LogP contribution in [0.1, 0.15) is 32.6 Å². The van der Waals surface area contributed by atoms with Crippen LogP contribution in [0.5, 0.6) is 5.75 Å². The highest BCUT2D eigenvalue weighted by atomic mass is 16.5. The van der Waals surface area contributed by atoms with Crippen molar-refractivity contribution in [2.24, 2.45) is 0 Å². The molecule has 0 saturated heterocycles. The number of H-pyrrole nitrogens is 1. The first-order valence-electron chi connectivity index (χ1n) is 10.5. The minimum absolute atomic E-state index is 0.109. The van der Waals surface area contributed by atoms with E-state index in [-0.39, 0.29) is 18.0 Å². The van der Waals surface area contributed by atoms with Crippen molar-refractivity contribution in [3.8, 4) is 5.75 Å². The number of nitrogens with zero attached hydrogens (tertiary/aromatic N) is 1. The highest BCUT2D eigenvalue weighted by molar-refractivity contribution is 5.95. The van der Waals surface area contributed by atoms with Gasteiger partial charge in [-0.05, 0) is 66.3 Å². The Bertz CT molecular complexity index is 1320. The lowest BCUT2D eigenvalue weighted by Crippen LogP contribution is -2.33. The number of aryl methyl sites for hydroxylation is 2. The number of carbonyl (C=O) groups excluding carboxylic acids is 1. The van der Waals surface area contributed by atoms with E-state index < -0.39 is 0 Å². The van der Waals surface area contributed by atoms with E-state index in [2.05, 4.69) is 4.98 Å². The molecule has 0 aliphatic carbocycles. The van der Waals surface area contributed by atoms with Gasteiger partial charge >= 0.3 is 0 Å². The van der Waals surface area contributed by atoms with Crippen molar-refractivity contribution >= 4 is 16.8 Å². The molecule has 32 heavy (non-hydrogen) atoms. The molecule has 0 aliphatic heterocycles. The molecular formula is C27H26N2O3. The molecule has 4 aromatic rings. The van der Waals surface area contributed by atoms with Crippen LogP contribution >= 0.6 is 0 Å². The molecule has 1 aromatic heterocycles. The minimum Gasteiger partial charge on any atom is -0.497 e. The van der Waals surface area contributed by atoms with E-state index in [1.807, 2.05) is 86.6 Å². The molecule has 0 saturated carbocycles. The van der Waals surface area contributed by atoms with E-state index in [0.717, 1.165) is 33.3 Å². The van der Waals surface area contributed by atoms with Gasteiger partial charge in [-0.2, -0.15) is 0 Å². The monoisotopic (exact) mass is 426 g/mol. The predicted molar refractivity (Wildman–Crippen MR) is 127 cm³/mol. The van der Waals surface area contributed by atoms with Crippen molar-refractivity contribution in [2.45, 2.75) is 26.9 Å². The van der Waals surface area contributed by atoms with Crippen LogP contribution in [-0.2, 0) is 13.1 Å². The average molecular weight is 427 g/mol. The van der Waals surface area contributed by atoms with Gasteiger partial charge in [0.05, 0.1) is 13.7 Å². The topological polar surface area (TPSA) is 62.4 Å². The number of carbonyl (C=O) groups is 1. The molecule has 5 heteroatoms. The first kappa shape index (κ1) is 21.4. The predicted octanol–water partition coefficient (Wildman–Crippen LogP) is 5.00. The Morgan fingerprint density at radius 3 is 2.41 bits per heavy atom. The second kappa shape index (κ2) is 9.10. The zero-order valence-corrected chi connectivity index (χ0v) is 18.5. The van der Waals surface area contributed by atoms with Crippen molar-refractivity contribution in [3.63, 3.8) is 0 Å². The maximum Gasteiger partial charge on any atom is 0.254 e. The van der Waals surface area contributed by atoms with Crippen molar-refractivity contribution < 1.29 is 9.53 Å². The molecule has 5 nitrogen and oxygen atoms in total. The summed E-state index contributed by atoms with van der Waals surface area (Å²) in [4.78, 5) is 31.0. The second-order valence-corrected chi connectivity index (χ2v) is 8.04. The largest absolute Gasteiger partial charge is 0.497 e. The summed E-state index contributed by atoms with van der Waals surface area (Å²) >= 11 is 0. The van der Waals surface area contributed by atoms with Crippen molar-refractivity contribution in [2.75, 3.05) is 7.11 Å². The van der Waals surface area contributed by atoms with Gasteiger partial charge in [0.2, 0.25) is 0 Å².